The van der Waals surface area contributed by atoms with Crippen LogP contribution in [0.25, 0.3) is 0 Å². The first-order valence-corrected chi connectivity index (χ1v) is 13.9. The summed E-state index contributed by atoms with van der Waals surface area (Å²) < 4.78 is 109. The van der Waals surface area contributed by atoms with Gasteiger partial charge in [0.15, 0.2) is 17.5 Å². The summed E-state index contributed by atoms with van der Waals surface area (Å²) in [6.45, 7) is 2.47. The third-order valence-electron chi connectivity index (χ3n) is 8.98. The van der Waals surface area contributed by atoms with Crippen molar-refractivity contribution >= 4 is 0 Å². The van der Waals surface area contributed by atoms with Crippen LogP contribution in [0.2, 0.25) is 0 Å². The van der Waals surface area contributed by atoms with Crippen LogP contribution < -0.4 is 4.74 Å². The smallest absolute Gasteiger partial charge is 0.429 e. The number of halogens is 7. The average molecular weight is 559 g/mol. The Labute approximate surface area is 223 Å². The van der Waals surface area contributed by atoms with Crippen molar-refractivity contribution in [1.29, 1.82) is 0 Å². The molecule has 0 amide bonds. The molecule has 2 nitrogen and oxygen atoms in total. The fourth-order valence-electron chi connectivity index (χ4n) is 7.12. The lowest BCUT2D eigenvalue weighted by molar-refractivity contribution is -0.189. The molecular weight excluding hydrogens is 525 g/mol. The molecule has 2 aromatic rings. The van der Waals surface area contributed by atoms with Crippen molar-refractivity contribution in [2.24, 2.45) is 23.7 Å². The predicted octanol–water partition coefficient (Wildman–Crippen LogP) is 9.02. The maximum absolute atomic E-state index is 14.8. The zero-order valence-corrected chi connectivity index (χ0v) is 21.8. The Balaban J connectivity index is 1.20. The fourth-order valence-corrected chi connectivity index (χ4v) is 7.12. The van der Waals surface area contributed by atoms with E-state index in [1.54, 1.807) is 0 Å². The third-order valence-corrected chi connectivity index (χ3v) is 8.98. The molecule has 2 saturated carbocycles. The van der Waals surface area contributed by atoms with Gasteiger partial charge in [0.2, 0.25) is 0 Å². The second kappa shape index (κ2) is 11.3. The number of ether oxygens (including phenoxy) is 2. The standard InChI is InChI=1S/C30H33F7O2/c1-2-3-4-16-7-18-9-21(10-19(18)8-16)27-6-5-17(15-38-27)20-11-23(31)28(24(32)12-20)30(36,37)39-22-13-25(33)29(35)26(34)14-22/h11-14,16-19,21,27H,2-10,15H2,1H3. The van der Waals surface area contributed by atoms with Crippen LogP contribution in [-0.4, -0.2) is 12.7 Å². The molecule has 4 unspecified atom stereocenters. The number of alkyl halides is 2. The molecule has 214 valence electrons. The number of unbranched alkanes of at least 4 members (excludes halogenated alkanes) is 1. The second-order valence-electron chi connectivity index (χ2n) is 11.6. The van der Waals surface area contributed by atoms with E-state index in [1.807, 2.05) is 0 Å². The van der Waals surface area contributed by atoms with Gasteiger partial charge in [0.1, 0.15) is 22.9 Å². The Bertz CT molecular complexity index is 1120. The molecular formula is C30H33F7O2. The molecule has 1 heterocycles. The lowest BCUT2D eigenvalue weighted by Gasteiger charge is -2.33. The van der Waals surface area contributed by atoms with Gasteiger partial charge in [-0.05, 0) is 79.9 Å². The van der Waals surface area contributed by atoms with Crippen LogP contribution in [0.15, 0.2) is 24.3 Å². The van der Waals surface area contributed by atoms with E-state index in [0.717, 1.165) is 49.1 Å². The highest BCUT2D eigenvalue weighted by atomic mass is 19.3. The summed E-state index contributed by atoms with van der Waals surface area (Å²) in [4.78, 5) is 0. The summed E-state index contributed by atoms with van der Waals surface area (Å²) in [5, 5.41) is 0. The van der Waals surface area contributed by atoms with Crippen LogP contribution in [0.3, 0.4) is 0 Å². The summed E-state index contributed by atoms with van der Waals surface area (Å²) in [6, 6.07) is 2.00. The highest BCUT2D eigenvalue weighted by molar-refractivity contribution is 5.33. The number of hydrogen-bond donors (Lipinski definition) is 0. The van der Waals surface area contributed by atoms with Crippen LogP contribution in [0.1, 0.15) is 81.8 Å². The van der Waals surface area contributed by atoms with Crippen LogP contribution >= 0.6 is 0 Å². The van der Waals surface area contributed by atoms with Crippen molar-refractivity contribution in [2.45, 2.75) is 82.8 Å². The number of rotatable bonds is 8. The lowest BCUT2D eigenvalue weighted by atomic mass is 9.85. The van der Waals surface area contributed by atoms with Gasteiger partial charge >= 0.3 is 6.11 Å². The van der Waals surface area contributed by atoms with Crippen molar-refractivity contribution in [3.05, 3.63) is 64.5 Å². The van der Waals surface area contributed by atoms with E-state index in [2.05, 4.69) is 11.7 Å². The zero-order valence-electron chi connectivity index (χ0n) is 21.8. The highest BCUT2D eigenvalue weighted by Crippen LogP contribution is 2.52. The van der Waals surface area contributed by atoms with Crippen molar-refractivity contribution in [1.82, 2.24) is 0 Å². The third kappa shape index (κ3) is 5.93. The van der Waals surface area contributed by atoms with E-state index >= 15 is 0 Å². The molecule has 0 spiro atoms. The van der Waals surface area contributed by atoms with Crippen LogP contribution in [0.4, 0.5) is 30.7 Å². The average Bonchev–Trinajstić information content (AvgIpc) is 3.44. The largest absolute Gasteiger partial charge is 0.432 e. The molecule has 1 saturated heterocycles. The first-order chi connectivity index (χ1) is 18.6. The van der Waals surface area contributed by atoms with Gasteiger partial charge in [-0.3, -0.25) is 0 Å². The van der Waals surface area contributed by atoms with Crippen molar-refractivity contribution in [2.75, 3.05) is 6.61 Å². The van der Waals surface area contributed by atoms with Gasteiger partial charge in [-0.1, -0.05) is 26.2 Å². The van der Waals surface area contributed by atoms with Gasteiger partial charge in [0.05, 0.1) is 12.7 Å². The van der Waals surface area contributed by atoms with Crippen molar-refractivity contribution in [3.8, 4) is 5.75 Å². The molecule has 0 bridgehead atoms. The van der Waals surface area contributed by atoms with Gasteiger partial charge in [0.25, 0.3) is 0 Å². The number of fused-ring (bicyclic) bond motifs is 1. The molecule has 5 rings (SSSR count). The van der Waals surface area contributed by atoms with E-state index in [0.29, 0.717) is 12.3 Å². The van der Waals surface area contributed by atoms with Crippen LogP contribution in [0, 0.1) is 52.8 Å². The first-order valence-electron chi connectivity index (χ1n) is 13.9. The fraction of sp³-hybridized carbons (Fsp3) is 0.600. The van der Waals surface area contributed by atoms with Crippen LogP contribution in [0.5, 0.6) is 5.75 Å². The van der Waals surface area contributed by atoms with Crippen molar-refractivity contribution < 1.29 is 40.2 Å². The minimum atomic E-state index is -4.60. The summed E-state index contributed by atoms with van der Waals surface area (Å²) in [5.74, 6) is -7.14. The Morgan fingerprint density at radius 3 is 1.97 bits per heavy atom. The van der Waals surface area contributed by atoms with E-state index in [9.17, 15) is 30.7 Å². The Morgan fingerprint density at radius 1 is 0.821 bits per heavy atom. The summed E-state index contributed by atoms with van der Waals surface area (Å²) in [6.07, 6.45) is 5.64. The van der Waals surface area contributed by atoms with E-state index in [-0.39, 0.29) is 36.3 Å². The Morgan fingerprint density at radius 2 is 1.44 bits per heavy atom. The zero-order chi connectivity index (χ0) is 27.9. The van der Waals surface area contributed by atoms with Gasteiger partial charge < -0.3 is 9.47 Å². The topological polar surface area (TPSA) is 18.5 Å². The van der Waals surface area contributed by atoms with Gasteiger partial charge in [-0.15, -0.1) is 0 Å². The molecule has 9 heteroatoms. The van der Waals surface area contributed by atoms with E-state index in [4.69, 9.17) is 4.74 Å². The normalized spacial score (nSPS) is 29.0. The first kappa shape index (κ1) is 28.2. The summed E-state index contributed by atoms with van der Waals surface area (Å²) in [7, 11) is 0. The van der Waals surface area contributed by atoms with Gasteiger partial charge in [-0.2, -0.15) is 8.78 Å². The molecule has 4 atom stereocenters. The highest BCUT2D eigenvalue weighted by Gasteiger charge is 2.45. The van der Waals surface area contributed by atoms with Crippen LogP contribution in [-0.2, 0) is 10.8 Å². The molecule has 1 aliphatic heterocycles. The molecule has 2 aromatic carbocycles. The van der Waals surface area contributed by atoms with E-state index < -0.39 is 46.5 Å². The molecule has 0 N–H and O–H groups in total. The number of benzene rings is 2. The Kier molecular flexibility index (Phi) is 8.18. The molecule has 3 fully saturated rings. The summed E-state index contributed by atoms with van der Waals surface area (Å²) >= 11 is 0. The molecule has 0 aromatic heterocycles. The molecule has 3 aliphatic rings. The Hall–Kier alpha value is -2.29. The van der Waals surface area contributed by atoms with E-state index in [1.165, 1.54) is 32.1 Å². The quantitative estimate of drug-likeness (QED) is 0.238. The molecule has 0 radical (unpaired) electrons. The predicted molar refractivity (Wildman–Crippen MR) is 131 cm³/mol. The number of hydrogen-bond acceptors (Lipinski definition) is 2. The minimum Gasteiger partial charge on any atom is -0.429 e. The van der Waals surface area contributed by atoms with Gasteiger partial charge in [0, 0.05) is 18.1 Å². The molecule has 2 aliphatic carbocycles. The minimum absolute atomic E-state index is 0.101. The second-order valence-corrected chi connectivity index (χ2v) is 11.6. The summed E-state index contributed by atoms with van der Waals surface area (Å²) in [5.41, 5.74) is -1.50. The van der Waals surface area contributed by atoms with Gasteiger partial charge in [-0.25, -0.2) is 22.0 Å². The van der Waals surface area contributed by atoms with Crippen molar-refractivity contribution in [3.63, 3.8) is 0 Å². The monoisotopic (exact) mass is 558 g/mol. The SMILES string of the molecule is CCCCC1CC2CC(C3CCC(c4cc(F)c(C(F)(F)Oc5cc(F)c(F)c(F)c5)c(F)c4)CO3)CC2C1. The lowest BCUT2D eigenvalue weighted by Crippen LogP contribution is -2.31. The maximum atomic E-state index is 14.8. The molecule has 39 heavy (non-hydrogen) atoms. The maximum Gasteiger partial charge on any atom is 0.432 e.